The van der Waals surface area contributed by atoms with Crippen LogP contribution < -0.4 is 10.6 Å². The first-order chi connectivity index (χ1) is 14.7. The smallest absolute Gasteiger partial charge is 0.251 e. The number of benzene rings is 1. The zero-order valence-electron chi connectivity index (χ0n) is 17.9. The second-order valence-electron chi connectivity index (χ2n) is 7.57. The Morgan fingerprint density at radius 1 is 1.27 bits per heavy atom. The molecule has 0 aliphatic heterocycles. The minimum Gasteiger partial charge on any atom is -0.467 e. The summed E-state index contributed by atoms with van der Waals surface area (Å²) in [5.41, 5.74) is 1.59. The van der Waals surface area contributed by atoms with Gasteiger partial charge in [0.1, 0.15) is 5.76 Å². The molecule has 2 N–H and O–H groups in total. The summed E-state index contributed by atoms with van der Waals surface area (Å²) >= 11 is 0. The summed E-state index contributed by atoms with van der Waals surface area (Å²) in [7, 11) is 2.01. The Kier molecular flexibility index (Phi) is 8.32. The highest BCUT2D eigenvalue weighted by molar-refractivity contribution is 5.94. The van der Waals surface area contributed by atoms with Crippen LogP contribution in [0.4, 0.5) is 0 Å². The van der Waals surface area contributed by atoms with Crippen molar-refractivity contribution >= 4 is 11.9 Å². The number of aliphatic imine (C=N–C) groups is 1. The Morgan fingerprint density at radius 3 is 2.87 bits per heavy atom. The lowest BCUT2D eigenvalue weighted by Gasteiger charge is -2.22. The van der Waals surface area contributed by atoms with Gasteiger partial charge in [-0.3, -0.25) is 4.79 Å². The lowest BCUT2D eigenvalue weighted by atomic mass is 10.1. The van der Waals surface area contributed by atoms with Crippen molar-refractivity contribution in [3.8, 4) is 0 Å². The standard InChI is InChI=1S/C23H32N4O3/c1-3-24-23(27(2)11-13-29-17-18-9-10-18)26-15-19-6-4-7-20(14-19)22(28)25-16-21-8-5-12-30-21/h4-8,12,14,18H,3,9-11,13,15-17H2,1-2H3,(H,24,26)(H,25,28). The van der Waals surface area contributed by atoms with Gasteiger partial charge in [-0.15, -0.1) is 0 Å². The van der Waals surface area contributed by atoms with E-state index in [9.17, 15) is 4.79 Å². The minimum atomic E-state index is -0.130. The molecular formula is C23H32N4O3. The van der Waals surface area contributed by atoms with Crippen LogP contribution in [-0.4, -0.2) is 50.1 Å². The van der Waals surface area contributed by atoms with Crippen LogP contribution in [0.3, 0.4) is 0 Å². The molecule has 0 spiro atoms. The van der Waals surface area contributed by atoms with Gasteiger partial charge in [-0.05, 0) is 55.5 Å². The molecule has 2 aromatic rings. The predicted molar refractivity (Wildman–Crippen MR) is 117 cm³/mol. The lowest BCUT2D eigenvalue weighted by Crippen LogP contribution is -2.40. The van der Waals surface area contributed by atoms with E-state index in [2.05, 4.69) is 22.5 Å². The van der Waals surface area contributed by atoms with E-state index in [-0.39, 0.29) is 5.91 Å². The largest absolute Gasteiger partial charge is 0.467 e. The fraction of sp³-hybridized carbons (Fsp3) is 0.478. The number of carbonyl (C=O) groups excluding carboxylic acids is 1. The number of rotatable bonds is 11. The van der Waals surface area contributed by atoms with Crippen LogP contribution in [0, 0.1) is 5.92 Å². The highest BCUT2D eigenvalue weighted by atomic mass is 16.5. The van der Waals surface area contributed by atoms with E-state index >= 15 is 0 Å². The predicted octanol–water partition coefficient (Wildman–Crippen LogP) is 3.03. The van der Waals surface area contributed by atoms with Crippen LogP contribution in [0.25, 0.3) is 0 Å². The van der Waals surface area contributed by atoms with Crippen LogP contribution in [0.2, 0.25) is 0 Å². The topological polar surface area (TPSA) is 79.1 Å². The summed E-state index contributed by atoms with van der Waals surface area (Å²) in [5.74, 6) is 2.21. The first-order valence-corrected chi connectivity index (χ1v) is 10.6. The molecule has 30 heavy (non-hydrogen) atoms. The number of hydrogen-bond donors (Lipinski definition) is 2. The van der Waals surface area contributed by atoms with Crippen LogP contribution in [0.1, 0.15) is 41.4 Å². The molecule has 1 aromatic carbocycles. The average Bonchev–Trinajstić information content (AvgIpc) is 3.44. The second kappa shape index (κ2) is 11.4. The molecule has 1 saturated carbocycles. The van der Waals surface area contributed by atoms with Crippen LogP contribution in [0.5, 0.6) is 0 Å². The molecule has 0 radical (unpaired) electrons. The first-order valence-electron chi connectivity index (χ1n) is 10.6. The van der Waals surface area contributed by atoms with Crippen molar-refractivity contribution in [2.45, 2.75) is 32.9 Å². The maximum absolute atomic E-state index is 12.4. The zero-order chi connectivity index (χ0) is 21.2. The van der Waals surface area contributed by atoms with Gasteiger partial charge in [-0.2, -0.15) is 0 Å². The number of likely N-dealkylation sites (N-methyl/N-ethyl adjacent to an activating group) is 1. The van der Waals surface area contributed by atoms with Gasteiger partial charge in [0, 0.05) is 32.3 Å². The van der Waals surface area contributed by atoms with Crippen molar-refractivity contribution in [2.75, 3.05) is 33.4 Å². The summed E-state index contributed by atoms with van der Waals surface area (Å²) in [5, 5.41) is 6.19. The fourth-order valence-corrected chi connectivity index (χ4v) is 2.97. The number of furan rings is 1. The van der Waals surface area contributed by atoms with Gasteiger partial charge in [0.2, 0.25) is 0 Å². The Hall–Kier alpha value is -2.80. The number of carbonyl (C=O) groups is 1. The monoisotopic (exact) mass is 412 g/mol. The zero-order valence-corrected chi connectivity index (χ0v) is 17.9. The van der Waals surface area contributed by atoms with Gasteiger partial charge in [-0.25, -0.2) is 4.99 Å². The highest BCUT2D eigenvalue weighted by Crippen LogP contribution is 2.28. The number of nitrogens with one attached hydrogen (secondary N) is 2. The van der Waals surface area contributed by atoms with Crippen LogP contribution >= 0.6 is 0 Å². The molecule has 7 heteroatoms. The Labute approximate surface area is 178 Å². The molecule has 1 aliphatic rings. The molecule has 1 aliphatic carbocycles. The molecule has 1 amide bonds. The molecule has 1 aromatic heterocycles. The Morgan fingerprint density at radius 2 is 2.13 bits per heavy atom. The summed E-state index contributed by atoms with van der Waals surface area (Å²) in [6, 6.07) is 11.2. The van der Waals surface area contributed by atoms with E-state index in [1.807, 2.05) is 31.3 Å². The molecule has 0 atom stereocenters. The van der Waals surface area contributed by atoms with Crippen molar-refractivity contribution in [3.63, 3.8) is 0 Å². The van der Waals surface area contributed by atoms with Gasteiger partial charge in [0.25, 0.3) is 5.91 Å². The Bertz CT molecular complexity index is 816. The molecule has 7 nitrogen and oxygen atoms in total. The normalized spacial score (nSPS) is 13.9. The third kappa shape index (κ3) is 7.22. The number of ether oxygens (including phenoxy) is 1. The van der Waals surface area contributed by atoms with Crippen LogP contribution in [-0.2, 0) is 17.8 Å². The molecule has 162 valence electrons. The minimum absolute atomic E-state index is 0.130. The van der Waals surface area contributed by atoms with Crippen molar-refractivity contribution in [3.05, 3.63) is 59.5 Å². The van der Waals surface area contributed by atoms with Gasteiger partial charge < -0.3 is 24.7 Å². The number of amides is 1. The number of nitrogens with zero attached hydrogens (tertiary/aromatic N) is 2. The molecule has 3 rings (SSSR count). The van der Waals surface area contributed by atoms with Gasteiger partial charge in [0.05, 0.1) is 26.0 Å². The van der Waals surface area contributed by atoms with Crippen LogP contribution in [0.15, 0.2) is 52.1 Å². The summed E-state index contributed by atoms with van der Waals surface area (Å²) < 4.78 is 11.0. The van der Waals surface area contributed by atoms with E-state index in [4.69, 9.17) is 14.1 Å². The molecule has 0 bridgehead atoms. The fourth-order valence-electron chi connectivity index (χ4n) is 2.97. The second-order valence-corrected chi connectivity index (χ2v) is 7.57. The maximum Gasteiger partial charge on any atom is 0.251 e. The summed E-state index contributed by atoms with van der Waals surface area (Å²) in [4.78, 5) is 19.2. The van der Waals surface area contributed by atoms with E-state index in [1.165, 1.54) is 12.8 Å². The molecule has 1 heterocycles. The third-order valence-corrected chi connectivity index (χ3v) is 4.92. The summed E-state index contributed by atoms with van der Waals surface area (Å²) in [6.45, 7) is 6.06. The SMILES string of the molecule is CCNC(=NCc1cccc(C(=O)NCc2ccco2)c1)N(C)CCOCC1CC1. The lowest BCUT2D eigenvalue weighted by molar-refractivity contribution is 0.0948. The maximum atomic E-state index is 12.4. The quantitative estimate of drug-likeness (QED) is 0.337. The van der Waals surface area contributed by atoms with E-state index in [0.29, 0.717) is 25.3 Å². The molecule has 0 saturated heterocycles. The van der Waals surface area contributed by atoms with Crippen molar-refractivity contribution < 1.29 is 13.9 Å². The van der Waals surface area contributed by atoms with E-state index < -0.39 is 0 Å². The average molecular weight is 413 g/mol. The van der Waals surface area contributed by atoms with Gasteiger partial charge in [-0.1, -0.05) is 12.1 Å². The molecule has 0 unspecified atom stereocenters. The van der Waals surface area contributed by atoms with Crippen molar-refractivity contribution in [2.24, 2.45) is 10.9 Å². The van der Waals surface area contributed by atoms with E-state index in [1.54, 1.807) is 18.4 Å². The third-order valence-electron chi connectivity index (χ3n) is 4.92. The Balaban J connectivity index is 1.52. The van der Waals surface area contributed by atoms with Crippen molar-refractivity contribution in [1.82, 2.24) is 15.5 Å². The highest BCUT2D eigenvalue weighted by Gasteiger charge is 2.21. The number of guanidine groups is 1. The molecule has 1 fully saturated rings. The molecular weight excluding hydrogens is 380 g/mol. The first kappa shape index (κ1) is 21.9. The van der Waals surface area contributed by atoms with Crippen molar-refractivity contribution in [1.29, 1.82) is 0 Å². The van der Waals surface area contributed by atoms with Gasteiger partial charge in [0.15, 0.2) is 5.96 Å². The summed E-state index contributed by atoms with van der Waals surface area (Å²) in [6.07, 6.45) is 4.21. The van der Waals surface area contributed by atoms with Gasteiger partial charge >= 0.3 is 0 Å². The number of hydrogen-bond acceptors (Lipinski definition) is 4. The van der Waals surface area contributed by atoms with E-state index in [0.717, 1.165) is 42.9 Å².